The lowest BCUT2D eigenvalue weighted by Crippen LogP contribution is -2.37. The van der Waals surface area contributed by atoms with Gasteiger partial charge in [0.2, 0.25) is 0 Å². The van der Waals surface area contributed by atoms with Crippen molar-refractivity contribution >= 4 is 0 Å². The topological polar surface area (TPSA) is 21.3 Å². The Kier molecular flexibility index (Phi) is 4.27. The first-order valence-corrected chi connectivity index (χ1v) is 7.76. The van der Waals surface area contributed by atoms with Crippen molar-refractivity contribution < 1.29 is 4.74 Å². The summed E-state index contributed by atoms with van der Waals surface area (Å²) in [6, 6.07) is 9.14. The van der Waals surface area contributed by atoms with Crippen LogP contribution >= 0.6 is 0 Å². The van der Waals surface area contributed by atoms with Crippen LogP contribution in [0.15, 0.2) is 24.3 Å². The van der Waals surface area contributed by atoms with Crippen LogP contribution in [-0.4, -0.2) is 18.2 Å². The van der Waals surface area contributed by atoms with Crippen LogP contribution in [0.2, 0.25) is 0 Å². The van der Waals surface area contributed by atoms with Crippen molar-refractivity contribution in [1.82, 2.24) is 5.32 Å². The highest BCUT2D eigenvalue weighted by Crippen LogP contribution is 2.47. The first kappa shape index (κ1) is 15.5. The maximum atomic E-state index is 6.29. The summed E-state index contributed by atoms with van der Waals surface area (Å²) < 4.78 is 6.29. The number of hydrogen-bond acceptors (Lipinski definition) is 2. The Morgan fingerprint density at radius 2 is 1.90 bits per heavy atom. The Morgan fingerprint density at radius 1 is 1.25 bits per heavy atom. The molecule has 0 aliphatic carbocycles. The predicted octanol–water partition coefficient (Wildman–Crippen LogP) is 4.10. The van der Waals surface area contributed by atoms with Crippen molar-refractivity contribution in [2.24, 2.45) is 5.92 Å². The van der Waals surface area contributed by atoms with Gasteiger partial charge in [-0.15, -0.1) is 0 Å². The van der Waals surface area contributed by atoms with Crippen LogP contribution in [0.3, 0.4) is 0 Å². The Labute approximate surface area is 123 Å². The van der Waals surface area contributed by atoms with Crippen molar-refractivity contribution in [2.75, 3.05) is 7.05 Å². The number of aryl methyl sites for hydroxylation is 1. The normalized spacial score (nSPS) is 25.6. The quantitative estimate of drug-likeness (QED) is 0.893. The molecule has 2 atom stereocenters. The maximum Gasteiger partial charge on any atom is 0.0681 e. The standard InChI is InChI=1S/C18H29NO/c1-7-13-10-8-9-11-14(13)16(19-6)15-12-17(2,3)20-18(15,4)5/h8-11,15-16,19H,7,12H2,1-6H3. The lowest BCUT2D eigenvalue weighted by molar-refractivity contribution is -0.0776. The van der Waals surface area contributed by atoms with Gasteiger partial charge in [0.25, 0.3) is 0 Å². The largest absolute Gasteiger partial charge is 0.369 e. The third-order valence-electron chi connectivity index (χ3n) is 4.63. The molecular formula is C18H29NO. The SMILES string of the molecule is CCc1ccccc1C(NC)C1CC(C)(C)OC1(C)C. The second-order valence-electron chi connectivity index (χ2n) is 7.09. The summed E-state index contributed by atoms with van der Waals surface area (Å²) in [4.78, 5) is 0. The van der Waals surface area contributed by atoms with E-state index in [0.717, 1.165) is 12.8 Å². The van der Waals surface area contributed by atoms with E-state index in [2.05, 4.69) is 71.2 Å². The molecule has 112 valence electrons. The zero-order chi connectivity index (χ0) is 15.0. The molecule has 20 heavy (non-hydrogen) atoms. The molecule has 2 rings (SSSR count). The molecule has 1 aliphatic rings. The Hall–Kier alpha value is -0.860. The molecule has 0 bridgehead atoms. The molecule has 1 heterocycles. The van der Waals surface area contributed by atoms with E-state index in [1.165, 1.54) is 11.1 Å². The minimum Gasteiger partial charge on any atom is -0.369 e. The van der Waals surface area contributed by atoms with Crippen LogP contribution in [0.25, 0.3) is 0 Å². The molecular weight excluding hydrogens is 246 g/mol. The zero-order valence-corrected chi connectivity index (χ0v) is 13.8. The molecule has 1 N–H and O–H groups in total. The van der Waals surface area contributed by atoms with Crippen LogP contribution < -0.4 is 5.32 Å². The van der Waals surface area contributed by atoms with Crippen LogP contribution in [0.1, 0.15) is 58.2 Å². The molecule has 1 aromatic carbocycles. The monoisotopic (exact) mass is 275 g/mol. The third-order valence-corrected chi connectivity index (χ3v) is 4.63. The van der Waals surface area contributed by atoms with Gasteiger partial charge in [-0.3, -0.25) is 0 Å². The second-order valence-corrected chi connectivity index (χ2v) is 7.09. The van der Waals surface area contributed by atoms with Gasteiger partial charge in [0, 0.05) is 12.0 Å². The van der Waals surface area contributed by atoms with Crippen molar-refractivity contribution in [3.8, 4) is 0 Å². The molecule has 0 radical (unpaired) electrons. The summed E-state index contributed by atoms with van der Waals surface area (Å²) in [5, 5.41) is 3.55. The van der Waals surface area contributed by atoms with Gasteiger partial charge < -0.3 is 10.1 Å². The molecule has 1 aromatic rings. The van der Waals surface area contributed by atoms with Crippen LogP contribution in [0.5, 0.6) is 0 Å². The van der Waals surface area contributed by atoms with Gasteiger partial charge in [0.1, 0.15) is 0 Å². The minimum absolute atomic E-state index is 0.0373. The van der Waals surface area contributed by atoms with Gasteiger partial charge in [-0.2, -0.15) is 0 Å². The highest BCUT2D eigenvalue weighted by molar-refractivity contribution is 5.31. The first-order chi connectivity index (χ1) is 9.30. The Bertz CT molecular complexity index is 464. The lowest BCUT2D eigenvalue weighted by Gasteiger charge is -2.34. The van der Waals surface area contributed by atoms with Gasteiger partial charge in [-0.25, -0.2) is 0 Å². The van der Waals surface area contributed by atoms with E-state index in [1.54, 1.807) is 0 Å². The van der Waals surface area contributed by atoms with E-state index in [4.69, 9.17) is 4.74 Å². The van der Waals surface area contributed by atoms with Crippen molar-refractivity contribution in [3.63, 3.8) is 0 Å². The number of ether oxygens (including phenoxy) is 1. The second kappa shape index (κ2) is 5.50. The summed E-state index contributed by atoms with van der Waals surface area (Å²) in [7, 11) is 2.07. The van der Waals surface area contributed by atoms with Crippen LogP contribution in [-0.2, 0) is 11.2 Å². The zero-order valence-electron chi connectivity index (χ0n) is 13.8. The number of rotatable bonds is 4. The molecule has 2 heteroatoms. The van der Waals surface area contributed by atoms with Gasteiger partial charge in [-0.1, -0.05) is 31.2 Å². The number of nitrogens with one attached hydrogen (secondary N) is 1. The molecule has 1 fully saturated rings. The smallest absolute Gasteiger partial charge is 0.0681 e. The molecule has 0 saturated carbocycles. The molecule has 0 amide bonds. The molecule has 0 spiro atoms. The highest BCUT2D eigenvalue weighted by atomic mass is 16.5. The minimum atomic E-state index is -0.0992. The Morgan fingerprint density at radius 3 is 2.40 bits per heavy atom. The molecule has 1 aliphatic heterocycles. The van der Waals surface area contributed by atoms with Gasteiger partial charge in [-0.05, 0) is 58.7 Å². The summed E-state index contributed by atoms with van der Waals surface area (Å²) in [5.41, 5.74) is 2.73. The van der Waals surface area contributed by atoms with Crippen molar-refractivity contribution in [3.05, 3.63) is 35.4 Å². The average molecular weight is 275 g/mol. The third kappa shape index (κ3) is 2.91. The lowest BCUT2D eigenvalue weighted by atomic mass is 9.77. The fourth-order valence-corrected chi connectivity index (χ4v) is 3.86. The molecule has 0 aromatic heterocycles. The summed E-state index contributed by atoms with van der Waals surface area (Å²) >= 11 is 0. The van der Waals surface area contributed by atoms with E-state index in [1.807, 2.05) is 0 Å². The maximum absolute atomic E-state index is 6.29. The van der Waals surface area contributed by atoms with Crippen LogP contribution in [0.4, 0.5) is 0 Å². The van der Waals surface area contributed by atoms with Gasteiger partial charge >= 0.3 is 0 Å². The van der Waals surface area contributed by atoms with E-state index in [9.17, 15) is 0 Å². The highest BCUT2D eigenvalue weighted by Gasteiger charge is 2.49. The Balaban J connectivity index is 2.38. The summed E-state index contributed by atoms with van der Waals surface area (Å²) in [6.07, 6.45) is 2.16. The number of hydrogen-bond donors (Lipinski definition) is 1. The summed E-state index contributed by atoms with van der Waals surface area (Å²) in [6.45, 7) is 11.1. The average Bonchev–Trinajstić information content (AvgIpc) is 2.59. The van der Waals surface area contributed by atoms with E-state index in [-0.39, 0.29) is 11.2 Å². The van der Waals surface area contributed by atoms with E-state index in [0.29, 0.717) is 12.0 Å². The first-order valence-electron chi connectivity index (χ1n) is 7.76. The molecule has 2 unspecified atom stereocenters. The van der Waals surface area contributed by atoms with E-state index < -0.39 is 0 Å². The van der Waals surface area contributed by atoms with E-state index >= 15 is 0 Å². The predicted molar refractivity (Wildman–Crippen MR) is 85.0 cm³/mol. The van der Waals surface area contributed by atoms with Gasteiger partial charge in [0.15, 0.2) is 0 Å². The van der Waals surface area contributed by atoms with Crippen molar-refractivity contribution in [1.29, 1.82) is 0 Å². The number of benzene rings is 1. The van der Waals surface area contributed by atoms with Gasteiger partial charge in [0.05, 0.1) is 11.2 Å². The molecule has 2 nitrogen and oxygen atoms in total. The molecule has 1 saturated heterocycles. The van der Waals surface area contributed by atoms with Crippen molar-refractivity contribution in [2.45, 2.75) is 64.7 Å². The van der Waals surface area contributed by atoms with Crippen LogP contribution in [0, 0.1) is 5.92 Å². The summed E-state index contributed by atoms with van der Waals surface area (Å²) in [5.74, 6) is 0.482. The fraction of sp³-hybridized carbons (Fsp3) is 0.667. The fourth-order valence-electron chi connectivity index (χ4n) is 3.86.